The van der Waals surface area contributed by atoms with E-state index >= 15 is 0 Å². The minimum Gasteiger partial charge on any atom is -0.496 e. The molecule has 0 saturated carbocycles. The number of aromatic nitrogens is 3. The second kappa shape index (κ2) is 10.6. The van der Waals surface area contributed by atoms with Gasteiger partial charge in [-0.1, -0.05) is 65.9 Å². The predicted octanol–water partition coefficient (Wildman–Crippen LogP) is 5.53. The van der Waals surface area contributed by atoms with Gasteiger partial charge >= 0.3 is 0 Å². The Morgan fingerprint density at radius 1 is 1.00 bits per heavy atom. The number of amides is 1. The molecule has 4 aromatic rings. The van der Waals surface area contributed by atoms with Crippen molar-refractivity contribution in [3.8, 4) is 22.8 Å². The molecule has 0 saturated heterocycles. The standard InChI is InChI=1S/C27H28N4O2S/c1-18-13-15-21(16-14-18)31-26(23-11-7-8-12-24(23)33-4)29-30-27(31)34-17-25(32)28-20(3)22-10-6-5-9-19(22)2/h5-16,20H,17H2,1-4H3,(H,28,32). The van der Waals surface area contributed by atoms with E-state index < -0.39 is 0 Å². The van der Waals surface area contributed by atoms with Gasteiger partial charge in [-0.05, 0) is 56.2 Å². The molecule has 1 atom stereocenters. The fourth-order valence-electron chi connectivity index (χ4n) is 3.86. The van der Waals surface area contributed by atoms with Crippen LogP contribution < -0.4 is 10.1 Å². The molecular weight excluding hydrogens is 444 g/mol. The molecule has 7 heteroatoms. The van der Waals surface area contributed by atoms with Crippen LogP contribution in [0.5, 0.6) is 5.75 Å². The maximum Gasteiger partial charge on any atom is 0.230 e. The van der Waals surface area contributed by atoms with Crippen molar-refractivity contribution < 1.29 is 9.53 Å². The third kappa shape index (κ3) is 5.15. The Morgan fingerprint density at radius 3 is 2.44 bits per heavy atom. The number of hydrogen-bond donors (Lipinski definition) is 1. The summed E-state index contributed by atoms with van der Waals surface area (Å²) in [5.74, 6) is 1.55. The minimum atomic E-state index is -0.0755. The Bertz CT molecular complexity index is 1280. The summed E-state index contributed by atoms with van der Waals surface area (Å²) in [5, 5.41) is 12.6. The first-order valence-electron chi connectivity index (χ1n) is 11.1. The maximum absolute atomic E-state index is 12.8. The summed E-state index contributed by atoms with van der Waals surface area (Å²) >= 11 is 1.36. The van der Waals surface area contributed by atoms with E-state index in [2.05, 4.69) is 28.5 Å². The molecule has 0 fully saturated rings. The molecule has 1 heterocycles. The molecule has 3 aromatic carbocycles. The Balaban J connectivity index is 1.59. The average molecular weight is 473 g/mol. The monoisotopic (exact) mass is 472 g/mol. The molecule has 0 bridgehead atoms. The molecule has 0 radical (unpaired) electrons. The summed E-state index contributed by atoms with van der Waals surface area (Å²) in [6, 6.07) is 23.9. The zero-order chi connectivity index (χ0) is 24.1. The van der Waals surface area contributed by atoms with Gasteiger partial charge in [-0.25, -0.2) is 0 Å². The molecule has 0 aliphatic heterocycles. The van der Waals surface area contributed by atoms with Gasteiger partial charge in [0.1, 0.15) is 5.75 Å². The van der Waals surface area contributed by atoms with Crippen LogP contribution in [-0.4, -0.2) is 33.5 Å². The summed E-state index contributed by atoms with van der Waals surface area (Å²) in [4.78, 5) is 12.8. The molecular formula is C27H28N4O2S. The molecule has 1 unspecified atom stereocenters. The number of rotatable bonds is 8. The van der Waals surface area contributed by atoms with Crippen molar-refractivity contribution in [1.82, 2.24) is 20.1 Å². The topological polar surface area (TPSA) is 69.0 Å². The van der Waals surface area contributed by atoms with Crippen molar-refractivity contribution >= 4 is 17.7 Å². The van der Waals surface area contributed by atoms with Gasteiger partial charge in [0.25, 0.3) is 0 Å². The van der Waals surface area contributed by atoms with Crippen LogP contribution in [0.3, 0.4) is 0 Å². The number of carbonyl (C=O) groups excluding carboxylic acids is 1. The Labute approximate surface area is 204 Å². The molecule has 4 rings (SSSR count). The number of para-hydroxylation sites is 1. The van der Waals surface area contributed by atoms with Crippen LogP contribution in [0.15, 0.2) is 78.0 Å². The minimum absolute atomic E-state index is 0.0574. The van der Waals surface area contributed by atoms with Crippen molar-refractivity contribution in [1.29, 1.82) is 0 Å². The van der Waals surface area contributed by atoms with Gasteiger partial charge in [-0.15, -0.1) is 10.2 Å². The van der Waals surface area contributed by atoms with E-state index in [1.165, 1.54) is 11.8 Å². The van der Waals surface area contributed by atoms with Crippen LogP contribution in [0.25, 0.3) is 17.1 Å². The normalized spacial score (nSPS) is 11.8. The van der Waals surface area contributed by atoms with Crippen molar-refractivity contribution in [2.45, 2.75) is 32.0 Å². The number of ether oxygens (including phenoxy) is 1. The Morgan fingerprint density at radius 2 is 1.71 bits per heavy atom. The Kier molecular flexibility index (Phi) is 7.33. The van der Waals surface area contributed by atoms with E-state index in [0.717, 1.165) is 27.9 Å². The quantitative estimate of drug-likeness (QED) is 0.342. The number of hydrogen-bond acceptors (Lipinski definition) is 5. The van der Waals surface area contributed by atoms with Gasteiger partial charge in [-0.2, -0.15) is 0 Å². The molecule has 1 aromatic heterocycles. The van der Waals surface area contributed by atoms with Crippen molar-refractivity contribution in [3.05, 3.63) is 89.5 Å². The maximum atomic E-state index is 12.8. The second-order valence-corrected chi connectivity index (χ2v) is 9.05. The number of methoxy groups -OCH3 is 1. The number of benzene rings is 3. The molecule has 0 spiro atoms. The highest BCUT2D eigenvalue weighted by Crippen LogP contribution is 2.33. The SMILES string of the molecule is COc1ccccc1-c1nnc(SCC(=O)NC(C)c2ccccc2C)n1-c1ccc(C)cc1. The van der Waals surface area contributed by atoms with Gasteiger partial charge in [0.15, 0.2) is 11.0 Å². The van der Waals surface area contributed by atoms with Crippen molar-refractivity contribution in [3.63, 3.8) is 0 Å². The van der Waals surface area contributed by atoms with Gasteiger partial charge in [-0.3, -0.25) is 9.36 Å². The van der Waals surface area contributed by atoms with Gasteiger partial charge in [0, 0.05) is 5.69 Å². The highest BCUT2D eigenvalue weighted by atomic mass is 32.2. The van der Waals surface area contributed by atoms with Crippen LogP contribution in [-0.2, 0) is 4.79 Å². The van der Waals surface area contributed by atoms with E-state index in [4.69, 9.17) is 4.74 Å². The van der Waals surface area contributed by atoms with Crippen LogP contribution in [0.2, 0.25) is 0 Å². The first-order valence-corrected chi connectivity index (χ1v) is 12.1. The number of thioether (sulfide) groups is 1. The number of aryl methyl sites for hydroxylation is 2. The smallest absolute Gasteiger partial charge is 0.230 e. The number of carbonyl (C=O) groups is 1. The molecule has 1 amide bonds. The third-order valence-electron chi connectivity index (χ3n) is 5.64. The highest BCUT2D eigenvalue weighted by molar-refractivity contribution is 7.99. The largest absolute Gasteiger partial charge is 0.496 e. The Hall–Kier alpha value is -3.58. The zero-order valence-electron chi connectivity index (χ0n) is 19.8. The lowest BCUT2D eigenvalue weighted by molar-refractivity contribution is -0.119. The summed E-state index contributed by atoms with van der Waals surface area (Å²) in [6.45, 7) is 6.10. The third-order valence-corrected chi connectivity index (χ3v) is 6.57. The molecule has 34 heavy (non-hydrogen) atoms. The summed E-state index contributed by atoms with van der Waals surface area (Å²) in [7, 11) is 1.64. The first-order chi connectivity index (χ1) is 16.5. The van der Waals surface area contributed by atoms with E-state index in [0.29, 0.717) is 16.7 Å². The van der Waals surface area contributed by atoms with Crippen molar-refractivity contribution in [2.75, 3.05) is 12.9 Å². The fraction of sp³-hybridized carbons (Fsp3) is 0.222. The molecule has 0 aliphatic carbocycles. The van der Waals surface area contributed by atoms with E-state index in [-0.39, 0.29) is 17.7 Å². The second-order valence-electron chi connectivity index (χ2n) is 8.11. The predicted molar refractivity (Wildman–Crippen MR) is 137 cm³/mol. The lowest BCUT2D eigenvalue weighted by Gasteiger charge is -2.16. The lowest BCUT2D eigenvalue weighted by atomic mass is 10.0. The van der Waals surface area contributed by atoms with Gasteiger partial charge in [0.05, 0.1) is 24.5 Å². The van der Waals surface area contributed by atoms with E-state index in [1.807, 2.05) is 85.1 Å². The molecule has 1 N–H and O–H groups in total. The zero-order valence-corrected chi connectivity index (χ0v) is 20.6. The van der Waals surface area contributed by atoms with Crippen molar-refractivity contribution in [2.24, 2.45) is 0 Å². The summed E-state index contributed by atoms with van der Waals surface area (Å²) < 4.78 is 7.53. The van der Waals surface area contributed by atoms with Gasteiger partial charge < -0.3 is 10.1 Å². The van der Waals surface area contributed by atoms with E-state index in [9.17, 15) is 4.79 Å². The molecule has 0 aliphatic rings. The first kappa shape index (κ1) is 23.6. The summed E-state index contributed by atoms with van der Waals surface area (Å²) in [6.07, 6.45) is 0. The average Bonchev–Trinajstić information content (AvgIpc) is 3.27. The van der Waals surface area contributed by atoms with Crippen LogP contribution in [0, 0.1) is 13.8 Å². The lowest BCUT2D eigenvalue weighted by Crippen LogP contribution is -2.28. The van der Waals surface area contributed by atoms with Crippen LogP contribution in [0.1, 0.15) is 29.7 Å². The van der Waals surface area contributed by atoms with Crippen LogP contribution in [0.4, 0.5) is 0 Å². The molecule has 6 nitrogen and oxygen atoms in total. The van der Waals surface area contributed by atoms with Crippen LogP contribution >= 0.6 is 11.8 Å². The van der Waals surface area contributed by atoms with E-state index in [1.54, 1.807) is 7.11 Å². The fourth-order valence-corrected chi connectivity index (χ4v) is 4.62. The number of nitrogens with one attached hydrogen (secondary N) is 1. The summed E-state index contributed by atoms with van der Waals surface area (Å²) in [5.41, 5.74) is 5.19. The highest BCUT2D eigenvalue weighted by Gasteiger charge is 2.20. The number of nitrogens with zero attached hydrogens (tertiary/aromatic N) is 3. The molecule has 174 valence electrons. The van der Waals surface area contributed by atoms with Gasteiger partial charge in [0.2, 0.25) is 5.91 Å².